The quantitative estimate of drug-likeness (QED) is 0.447. The number of rotatable bonds is 5. The second-order valence-corrected chi connectivity index (χ2v) is 8.67. The molecule has 30 heavy (non-hydrogen) atoms. The Kier molecular flexibility index (Phi) is 4.95. The number of hydrogen-bond donors (Lipinski definition) is 0. The number of aromatic nitrogens is 2. The van der Waals surface area contributed by atoms with Crippen LogP contribution in [0.15, 0.2) is 71.8 Å². The molecule has 0 aliphatic heterocycles. The Hall–Kier alpha value is -3.39. The van der Waals surface area contributed by atoms with Crippen molar-refractivity contribution in [1.82, 2.24) is 9.19 Å². The fourth-order valence-electron chi connectivity index (χ4n) is 3.26. The Bertz CT molecular complexity index is 1370. The number of ketones is 1. The standard InChI is InChI=1S/C22H16F2N2O3S/c1-14-4-2-5-17(10-14)30(28,29)26-20-11-15(8-9-16(20)13-25-26)12-21(27)22-18(23)6-3-7-19(22)24/h2-11,13H,12H2,1H3. The molecule has 0 unspecified atom stereocenters. The molecule has 1 heterocycles. The number of carbonyl (C=O) groups is 1. The van der Waals surface area contributed by atoms with Crippen LogP contribution in [0.3, 0.4) is 0 Å². The highest BCUT2D eigenvalue weighted by Crippen LogP contribution is 2.23. The largest absolute Gasteiger partial charge is 0.294 e. The molecule has 0 amide bonds. The van der Waals surface area contributed by atoms with Crippen molar-refractivity contribution in [3.63, 3.8) is 0 Å². The summed E-state index contributed by atoms with van der Waals surface area (Å²) in [4.78, 5) is 12.5. The molecule has 0 bridgehead atoms. The summed E-state index contributed by atoms with van der Waals surface area (Å²) in [6.07, 6.45) is 1.12. The van der Waals surface area contributed by atoms with Crippen LogP contribution >= 0.6 is 0 Å². The zero-order valence-corrected chi connectivity index (χ0v) is 16.7. The molecule has 3 aromatic carbocycles. The maximum atomic E-state index is 13.9. The van der Waals surface area contributed by atoms with E-state index in [1.165, 1.54) is 30.5 Å². The van der Waals surface area contributed by atoms with Crippen LogP contribution in [0.4, 0.5) is 8.78 Å². The summed E-state index contributed by atoms with van der Waals surface area (Å²) in [6.45, 7) is 1.78. The summed E-state index contributed by atoms with van der Waals surface area (Å²) < 4.78 is 54.8. The molecule has 0 saturated carbocycles. The molecule has 4 aromatic rings. The molecule has 0 aliphatic rings. The summed E-state index contributed by atoms with van der Waals surface area (Å²) >= 11 is 0. The van der Waals surface area contributed by atoms with Crippen LogP contribution in [-0.4, -0.2) is 23.4 Å². The van der Waals surface area contributed by atoms with Crippen LogP contribution in [0, 0.1) is 18.6 Å². The number of benzene rings is 3. The molecule has 5 nitrogen and oxygen atoms in total. The predicted octanol–water partition coefficient (Wildman–Crippen LogP) is 4.29. The number of aryl methyl sites for hydroxylation is 1. The van der Waals surface area contributed by atoms with E-state index in [0.717, 1.165) is 21.8 Å². The molecular formula is C22H16F2N2O3S. The molecule has 0 radical (unpaired) electrons. The van der Waals surface area contributed by atoms with Crippen molar-refractivity contribution in [2.24, 2.45) is 0 Å². The molecule has 0 spiro atoms. The van der Waals surface area contributed by atoms with E-state index in [1.54, 1.807) is 31.2 Å². The second-order valence-electron chi connectivity index (χ2n) is 6.90. The van der Waals surface area contributed by atoms with Crippen molar-refractivity contribution in [3.05, 3.63) is 95.2 Å². The van der Waals surface area contributed by atoms with Crippen molar-refractivity contribution < 1.29 is 22.0 Å². The fraction of sp³-hybridized carbons (Fsp3) is 0.0909. The van der Waals surface area contributed by atoms with Gasteiger partial charge in [-0.2, -0.15) is 17.6 Å². The minimum Gasteiger partial charge on any atom is -0.294 e. The van der Waals surface area contributed by atoms with Crippen LogP contribution in [-0.2, 0) is 16.4 Å². The lowest BCUT2D eigenvalue weighted by atomic mass is 10.0. The highest BCUT2D eigenvalue weighted by Gasteiger charge is 2.22. The summed E-state index contributed by atoms with van der Waals surface area (Å²) in [6, 6.07) is 14.4. The first-order valence-corrected chi connectivity index (χ1v) is 10.5. The van der Waals surface area contributed by atoms with Gasteiger partial charge in [0.05, 0.1) is 22.2 Å². The molecule has 4 rings (SSSR count). The van der Waals surface area contributed by atoms with E-state index in [4.69, 9.17) is 0 Å². The average Bonchev–Trinajstić information content (AvgIpc) is 3.12. The highest BCUT2D eigenvalue weighted by atomic mass is 32.2. The van der Waals surface area contributed by atoms with Crippen LogP contribution in [0.1, 0.15) is 21.5 Å². The molecule has 0 N–H and O–H groups in total. The Balaban J connectivity index is 1.74. The Morgan fingerprint density at radius 3 is 2.40 bits per heavy atom. The van der Waals surface area contributed by atoms with Gasteiger partial charge in [-0.05, 0) is 48.4 Å². The fourth-order valence-corrected chi connectivity index (χ4v) is 4.63. The van der Waals surface area contributed by atoms with Gasteiger partial charge in [0.1, 0.15) is 11.6 Å². The van der Waals surface area contributed by atoms with Gasteiger partial charge in [-0.25, -0.2) is 8.78 Å². The van der Waals surface area contributed by atoms with Gasteiger partial charge in [-0.15, -0.1) is 0 Å². The molecule has 0 saturated heterocycles. The van der Waals surface area contributed by atoms with Gasteiger partial charge >= 0.3 is 0 Å². The number of nitrogens with zero attached hydrogens (tertiary/aromatic N) is 2. The van der Waals surface area contributed by atoms with Gasteiger partial charge in [0.15, 0.2) is 5.78 Å². The third-order valence-electron chi connectivity index (χ3n) is 4.72. The SMILES string of the molecule is Cc1cccc(S(=O)(=O)n2ncc3ccc(CC(=O)c4c(F)cccc4F)cc32)c1. The number of carbonyl (C=O) groups excluding carboxylic acids is 1. The third kappa shape index (κ3) is 3.50. The third-order valence-corrected chi connectivity index (χ3v) is 6.32. The highest BCUT2D eigenvalue weighted by molar-refractivity contribution is 7.90. The van der Waals surface area contributed by atoms with Crippen molar-refractivity contribution in [1.29, 1.82) is 0 Å². The lowest BCUT2D eigenvalue weighted by molar-refractivity contribution is 0.0985. The van der Waals surface area contributed by atoms with E-state index >= 15 is 0 Å². The Labute approximate surface area is 171 Å². The number of halogens is 2. The smallest absolute Gasteiger partial charge is 0.283 e. The monoisotopic (exact) mass is 426 g/mol. The molecule has 0 atom stereocenters. The Morgan fingerprint density at radius 1 is 1.00 bits per heavy atom. The molecule has 0 fully saturated rings. The maximum Gasteiger partial charge on any atom is 0.283 e. The van der Waals surface area contributed by atoms with Crippen molar-refractivity contribution >= 4 is 26.7 Å². The molecule has 0 aliphatic carbocycles. The zero-order chi connectivity index (χ0) is 21.5. The molecule has 8 heteroatoms. The van der Waals surface area contributed by atoms with Crippen molar-refractivity contribution in [2.75, 3.05) is 0 Å². The maximum absolute atomic E-state index is 13.9. The lowest BCUT2D eigenvalue weighted by Crippen LogP contribution is -2.14. The molecular weight excluding hydrogens is 410 g/mol. The van der Waals surface area contributed by atoms with E-state index in [9.17, 15) is 22.0 Å². The first kappa shape index (κ1) is 19.9. The first-order valence-electron chi connectivity index (χ1n) is 9.03. The second kappa shape index (κ2) is 7.46. The van der Waals surface area contributed by atoms with Gasteiger partial charge in [0, 0.05) is 11.8 Å². The Morgan fingerprint density at radius 2 is 1.70 bits per heavy atom. The predicted molar refractivity (Wildman–Crippen MR) is 108 cm³/mol. The van der Waals surface area contributed by atoms with E-state index < -0.39 is 33.0 Å². The van der Waals surface area contributed by atoms with Gasteiger partial charge in [-0.1, -0.05) is 30.3 Å². The van der Waals surface area contributed by atoms with Crippen LogP contribution < -0.4 is 0 Å². The first-order chi connectivity index (χ1) is 14.3. The number of hydrogen-bond acceptors (Lipinski definition) is 4. The topological polar surface area (TPSA) is 69.0 Å². The zero-order valence-electron chi connectivity index (χ0n) is 15.8. The van der Waals surface area contributed by atoms with Gasteiger partial charge < -0.3 is 0 Å². The van der Waals surface area contributed by atoms with Gasteiger partial charge in [0.25, 0.3) is 10.0 Å². The average molecular weight is 426 g/mol. The van der Waals surface area contributed by atoms with Crippen molar-refractivity contribution in [3.8, 4) is 0 Å². The molecule has 1 aromatic heterocycles. The van der Waals surface area contributed by atoms with Crippen LogP contribution in [0.2, 0.25) is 0 Å². The normalized spacial score (nSPS) is 11.7. The lowest BCUT2D eigenvalue weighted by Gasteiger charge is -2.08. The number of fused-ring (bicyclic) bond motifs is 1. The molecule has 152 valence electrons. The van der Waals surface area contributed by atoms with Gasteiger partial charge in [0.2, 0.25) is 0 Å². The summed E-state index contributed by atoms with van der Waals surface area (Å²) in [5, 5.41) is 4.56. The van der Waals surface area contributed by atoms with E-state index in [-0.39, 0.29) is 16.8 Å². The van der Waals surface area contributed by atoms with Gasteiger partial charge in [-0.3, -0.25) is 4.79 Å². The summed E-state index contributed by atoms with van der Waals surface area (Å²) in [5.74, 6) is -2.61. The van der Waals surface area contributed by atoms with Crippen LogP contribution in [0.25, 0.3) is 10.9 Å². The number of Topliss-reactive ketones (excluding diaryl/α,β-unsaturated/α-hetero) is 1. The minimum atomic E-state index is -3.95. The summed E-state index contributed by atoms with van der Waals surface area (Å²) in [7, 11) is -3.95. The minimum absolute atomic E-state index is 0.0856. The van der Waals surface area contributed by atoms with E-state index in [0.29, 0.717) is 10.9 Å². The van der Waals surface area contributed by atoms with Crippen LogP contribution in [0.5, 0.6) is 0 Å². The van der Waals surface area contributed by atoms with E-state index in [1.807, 2.05) is 0 Å². The van der Waals surface area contributed by atoms with Crippen molar-refractivity contribution in [2.45, 2.75) is 18.2 Å². The van der Waals surface area contributed by atoms with E-state index in [2.05, 4.69) is 5.10 Å². The summed E-state index contributed by atoms with van der Waals surface area (Å²) in [5.41, 5.74) is 0.858.